The van der Waals surface area contributed by atoms with Crippen LogP contribution in [0.5, 0.6) is 0 Å². The van der Waals surface area contributed by atoms with Gasteiger partial charge in [-0.15, -0.1) is 0 Å². The normalized spacial score (nSPS) is 16.2. The summed E-state index contributed by atoms with van der Waals surface area (Å²) < 4.78 is 36.3. The lowest BCUT2D eigenvalue weighted by atomic mass is 10.3. The van der Waals surface area contributed by atoms with E-state index in [0.29, 0.717) is 11.7 Å². The largest absolute Gasteiger partial charge is 0.394 e. The number of anilines is 1. The number of nitrogens with zero attached hydrogens (tertiary/aromatic N) is 2. The molecule has 3 nitrogen and oxygen atoms in total. The minimum absolute atomic E-state index is 0.000738. The molecule has 0 amide bonds. The van der Waals surface area contributed by atoms with Gasteiger partial charge < -0.3 is 5.32 Å². The molecular formula is C10H12F3N3. The van der Waals surface area contributed by atoms with Crippen LogP contribution in [0.4, 0.5) is 19.0 Å². The lowest BCUT2D eigenvalue weighted by Crippen LogP contribution is -2.13. The van der Waals surface area contributed by atoms with Crippen molar-refractivity contribution >= 4 is 5.82 Å². The van der Waals surface area contributed by atoms with Crippen LogP contribution in [-0.4, -0.2) is 22.7 Å². The third-order valence-corrected chi connectivity index (χ3v) is 2.37. The molecule has 1 aromatic heterocycles. The molecule has 16 heavy (non-hydrogen) atoms. The summed E-state index contributed by atoms with van der Waals surface area (Å²) in [5.74, 6) is 1.13. The summed E-state index contributed by atoms with van der Waals surface area (Å²) >= 11 is 0. The molecule has 1 saturated carbocycles. The SMILES string of the molecule is FC(F)(F)Cc1cc(NCC2CC2)ncn1. The number of alkyl halides is 3. The van der Waals surface area contributed by atoms with Gasteiger partial charge in [0.2, 0.25) is 0 Å². The second-order valence-corrected chi connectivity index (χ2v) is 4.01. The molecule has 0 unspecified atom stereocenters. The van der Waals surface area contributed by atoms with Crippen molar-refractivity contribution in [3.05, 3.63) is 18.1 Å². The Morgan fingerprint density at radius 3 is 2.69 bits per heavy atom. The van der Waals surface area contributed by atoms with Crippen molar-refractivity contribution in [3.8, 4) is 0 Å². The first-order valence-corrected chi connectivity index (χ1v) is 5.14. The Balaban J connectivity index is 1.95. The van der Waals surface area contributed by atoms with Crippen molar-refractivity contribution in [2.75, 3.05) is 11.9 Å². The lowest BCUT2D eigenvalue weighted by Gasteiger charge is -2.07. The molecule has 0 bridgehead atoms. The number of rotatable bonds is 4. The Labute approximate surface area is 91.1 Å². The van der Waals surface area contributed by atoms with Gasteiger partial charge in [0, 0.05) is 12.6 Å². The van der Waals surface area contributed by atoms with Gasteiger partial charge in [-0.3, -0.25) is 0 Å². The van der Waals surface area contributed by atoms with Gasteiger partial charge in [0.05, 0.1) is 12.1 Å². The summed E-state index contributed by atoms with van der Waals surface area (Å²) in [5.41, 5.74) is 0.000738. The van der Waals surface area contributed by atoms with E-state index in [0.717, 1.165) is 12.9 Å². The van der Waals surface area contributed by atoms with Crippen molar-refractivity contribution in [1.82, 2.24) is 9.97 Å². The van der Waals surface area contributed by atoms with Crippen LogP contribution < -0.4 is 5.32 Å². The number of nitrogens with one attached hydrogen (secondary N) is 1. The van der Waals surface area contributed by atoms with Crippen LogP contribution >= 0.6 is 0 Å². The van der Waals surface area contributed by atoms with E-state index in [1.54, 1.807) is 0 Å². The first-order chi connectivity index (χ1) is 7.53. The maximum Gasteiger partial charge on any atom is 0.394 e. The third-order valence-electron chi connectivity index (χ3n) is 2.37. The van der Waals surface area contributed by atoms with Gasteiger partial charge in [0.15, 0.2) is 0 Å². The summed E-state index contributed by atoms with van der Waals surface area (Å²) in [7, 11) is 0. The van der Waals surface area contributed by atoms with Crippen LogP contribution in [-0.2, 0) is 6.42 Å². The highest BCUT2D eigenvalue weighted by Crippen LogP contribution is 2.28. The number of aromatic nitrogens is 2. The number of halogens is 3. The fourth-order valence-electron chi connectivity index (χ4n) is 1.37. The van der Waals surface area contributed by atoms with Gasteiger partial charge in [-0.1, -0.05) is 0 Å². The van der Waals surface area contributed by atoms with Crippen molar-refractivity contribution < 1.29 is 13.2 Å². The van der Waals surface area contributed by atoms with Gasteiger partial charge in [-0.25, -0.2) is 9.97 Å². The Bertz CT molecular complexity index is 361. The highest BCUT2D eigenvalue weighted by molar-refractivity contribution is 5.35. The molecule has 0 saturated heterocycles. The van der Waals surface area contributed by atoms with E-state index < -0.39 is 12.6 Å². The second-order valence-electron chi connectivity index (χ2n) is 4.01. The quantitative estimate of drug-likeness (QED) is 0.864. The molecule has 1 aliphatic carbocycles. The van der Waals surface area contributed by atoms with Crippen LogP contribution in [0, 0.1) is 5.92 Å². The number of hydrogen-bond acceptors (Lipinski definition) is 3. The molecule has 0 aromatic carbocycles. The minimum Gasteiger partial charge on any atom is -0.370 e. The van der Waals surface area contributed by atoms with Crippen molar-refractivity contribution in [2.45, 2.75) is 25.4 Å². The van der Waals surface area contributed by atoms with Crippen LogP contribution in [0.15, 0.2) is 12.4 Å². The molecule has 1 aliphatic rings. The van der Waals surface area contributed by atoms with Crippen LogP contribution in [0.2, 0.25) is 0 Å². The molecule has 1 aromatic rings. The zero-order chi connectivity index (χ0) is 11.6. The first kappa shape index (κ1) is 11.2. The van der Waals surface area contributed by atoms with Crippen LogP contribution in [0.1, 0.15) is 18.5 Å². The molecule has 88 valence electrons. The standard InChI is InChI=1S/C10H12F3N3/c11-10(12,13)4-8-3-9(16-6-15-8)14-5-7-1-2-7/h3,6-7H,1-2,4-5H2,(H,14,15,16). The van der Waals surface area contributed by atoms with Gasteiger partial charge in [-0.05, 0) is 18.8 Å². The predicted octanol–water partition coefficient (Wildman–Crippen LogP) is 2.40. The van der Waals surface area contributed by atoms with Crippen molar-refractivity contribution in [1.29, 1.82) is 0 Å². The van der Waals surface area contributed by atoms with Crippen LogP contribution in [0.25, 0.3) is 0 Å². The van der Waals surface area contributed by atoms with E-state index in [-0.39, 0.29) is 5.69 Å². The molecule has 1 N–H and O–H groups in total. The minimum atomic E-state index is -4.22. The first-order valence-electron chi connectivity index (χ1n) is 5.14. The van der Waals surface area contributed by atoms with E-state index in [1.165, 1.54) is 18.9 Å². The van der Waals surface area contributed by atoms with E-state index in [4.69, 9.17) is 0 Å². The topological polar surface area (TPSA) is 37.8 Å². The van der Waals surface area contributed by atoms with Crippen molar-refractivity contribution in [2.24, 2.45) is 5.92 Å². The predicted molar refractivity (Wildman–Crippen MR) is 53.0 cm³/mol. The molecule has 0 aliphatic heterocycles. The molecule has 6 heteroatoms. The smallest absolute Gasteiger partial charge is 0.370 e. The van der Waals surface area contributed by atoms with E-state index in [2.05, 4.69) is 15.3 Å². The second kappa shape index (κ2) is 4.27. The summed E-state index contributed by atoms with van der Waals surface area (Å²) in [6, 6.07) is 1.36. The Morgan fingerprint density at radius 1 is 1.31 bits per heavy atom. The fourth-order valence-corrected chi connectivity index (χ4v) is 1.37. The number of hydrogen-bond donors (Lipinski definition) is 1. The summed E-state index contributed by atoms with van der Waals surface area (Å²) in [6.07, 6.45) is -1.69. The van der Waals surface area contributed by atoms with Gasteiger partial charge in [0.1, 0.15) is 12.1 Å². The summed E-state index contributed by atoms with van der Waals surface area (Å²) in [4.78, 5) is 7.48. The van der Waals surface area contributed by atoms with E-state index >= 15 is 0 Å². The highest BCUT2D eigenvalue weighted by atomic mass is 19.4. The van der Waals surface area contributed by atoms with Gasteiger partial charge >= 0.3 is 6.18 Å². The fraction of sp³-hybridized carbons (Fsp3) is 0.600. The Kier molecular flexibility index (Phi) is 2.98. The highest BCUT2D eigenvalue weighted by Gasteiger charge is 2.28. The Morgan fingerprint density at radius 2 is 2.06 bits per heavy atom. The third kappa shape index (κ3) is 3.67. The Hall–Kier alpha value is -1.33. The molecule has 0 radical (unpaired) electrons. The van der Waals surface area contributed by atoms with Gasteiger partial charge in [0.25, 0.3) is 0 Å². The molecule has 1 heterocycles. The maximum atomic E-state index is 12.1. The summed E-state index contributed by atoms with van der Waals surface area (Å²) in [5, 5.41) is 3.01. The summed E-state index contributed by atoms with van der Waals surface area (Å²) in [6.45, 7) is 0.780. The zero-order valence-corrected chi connectivity index (χ0v) is 8.59. The van der Waals surface area contributed by atoms with E-state index in [1.807, 2.05) is 0 Å². The van der Waals surface area contributed by atoms with E-state index in [9.17, 15) is 13.2 Å². The molecule has 0 atom stereocenters. The molecular weight excluding hydrogens is 219 g/mol. The van der Waals surface area contributed by atoms with Crippen molar-refractivity contribution in [3.63, 3.8) is 0 Å². The maximum absolute atomic E-state index is 12.1. The molecule has 2 rings (SSSR count). The zero-order valence-electron chi connectivity index (χ0n) is 8.59. The lowest BCUT2D eigenvalue weighted by molar-refractivity contribution is -0.127. The van der Waals surface area contributed by atoms with Gasteiger partial charge in [-0.2, -0.15) is 13.2 Å². The molecule has 0 spiro atoms. The average Bonchev–Trinajstić information content (AvgIpc) is 2.96. The monoisotopic (exact) mass is 231 g/mol. The van der Waals surface area contributed by atoms with Crippen LogP contribution in [0.3, 0.4) is 0 Å². The molecule has 1 fully saturated rings. The average molecular weight is 231 g/mol.